The van der Waals surface area contributed by atoms with Crippen molar-refractivity contribution in [3.05, 3.63) is 0 Å². The first kappa shape index (κ1) is 12.9. The minimum absolute atomic E-state index is 0.359. The van der Waals surface area contributed by atoms with Crippen LogP contribution in [0.1, 0.15) is 51.4 Å². The van der Waals surface area contributed by atoms with E-state index in [0.29, 0.717) is 12.2 Å². The molecule has 1 N–H and O–H groups in total. The Balaban J connectivity index is 1.24. The van der Waals surface area contributed by atoms with Gasteiger partial charge in [0.25, 0.3) is 0 Å². The lowest BCUT2D eigenvalue weighted by atomic mass is 10.1. The maximum atomic E-state index is 6.02. The van der Waals surface area contributed by atoms with Gasteiger partial charge in [0.1, 0.15) is 0 Å². The van der Waals surface area contributed by atoms with E-state index in [1.807, 2.05) is 0 Å². The zero-order valence-electron chi connectivity index (χ0n) is 11.4. The summed E-state index contributed by atoms with van der Waals surface area (Å²) in [6.07, 6.45) is 11.5. The molecular formula is C15H27NO2. The van der Waals surface area contributed by atoms with Gasteiger partial charge in [-0.2, -0.15) is 0 Å². The number of hydrogen-bond donors (Lipinski definition) is 1. The van der Waals surface area contributed by atoms with Gasteiger partial charge >= 0.3 is 0 Å². The largest absolute Gasteiger partial charge is 0.378 e. The highest BCUT2D eigenvalue weighted by Crippen LogP contribution is 2.26. The quantitative estimate of drug-likeness (QED) is 0.756. The van der Waals surface area contributed by atoms with Gasteiger partial charge in [-0.05, 0) is 44.4 Å². The molecule has 1 aliphatic heterocycles. The standard InChI is InChI=1S/C15H27NO2/c1-2-4-12(3-1)10-17-11-15-8-7-14(18-15)9-16-13-5-6-13/h12-16H,1-11H2. The van der Waals surface area contributed by atoms with Crippen molar-refractivity contribution in [1.29, 1.82) is 0 Å². The topological polar surface area (TPSA) is 30.5 Å². The Morgan fingerprint density at radius 2 is 1.67 bits per heavy atom. The van der Waals surface area contributed by atoms with Crippen LogP contribution in [0.25, 0.3) is 0 Å². The van der Waals surface area contributed by atoms with Gasteiger partial charge in [0, 0.05) is 19.2 Å². The molecule has 3 fully saturated rings. The Morgan fingerprint density at radius 3 is 2.44 bits per heavy atom. The van der Waals surface area contributed by atoms with Crippen molar-refractivity contribution in [2.24, 2.45) is 5.92 Å². The van der Waals surface area contributed by atoms with Gasteiger partial charge < -0.3 is 14.8 Å². The Morgan fingerprint density at radius 1 is 0.889 bits per heavy atom. The molecule has 3 heteroatoms. The van der Waals surface area contributed by atoms with Gasteiger partial charge in [-0.15, -0.1) is 0 Å². The second-order valence-electron chi connectivity index (χ2n) is 6.33. The predicted molar refractivity (Wildman–Crippen MR) is 71.7 cm³/mol. The monoisotopic (exact) mass is 253 g/mol. The van der Waals surface area contributed by atoms with Crippen LogP contribution in [-0.4, -0.2) is 38.0 Å². The van der Waals surface area contributed by atoms with Crippen molar-refractivity contribution in [2.45, 2.75) is 69.6 Å². The average Bonchev–Trinajstić information content (AvgIpc) is 2.89. The smallest absolute Gasteiger partial charge is 0.0813 e. The molecule has 1 saturated heterocycles. The highest BCUT2D eigenvalue weighted by Gasteiger charge is 2.28. The minimum Gasteiger partial charge on any atom is -0.378 e. The molecule has 3 rings (SSSR count). The molecule has 0 aromatic heterocycles. The third-order valence-electron chi connectivity index (χ3n) is 4.54. The molecule has 2 atom stereocenters. The Labute approximate surface area is 111 Å². The predicted octanol–water partition coefficient (Wildman–Crippen LogP) is 2.49. The second kappa shape index (κ2) is 6.36. The second-order valence-corrected chi connectivity index (χ2v) is 6.33. The summed E-state index contributed by atoms with van der Waals surface area (Å²) in [5, 5.41) is 3.55. The average molecular weight is 253 g/mol. The summed E-state index contributed by atoms with van der Waals surface area (Å²) in [7, 11) is 0. The highest BCUT2D eigenvalue weighted by atomic mass is 16.5. The third kappa shape index (κ3) is 3.94. The van der Waals surface area contributed by atoms with Crippen molar-refractivity contribution < 1.29 is 9.47 Å². The molecule has 0 aromatic rings. The fourth-order valence-electron chi connectivity index (χ4n) is 3.18. The zero-order chi connectivity index (χ0) is 12.2. The molecule has 2 aliphatic carbocycles. The molecule has 0 radical (unpaired) electrons. The van der Waals surface area contributed by atoms with Gasteiger partial charge in [-0.25, -0.2) is 0 Å². The van der Waals surface area contributed by atoms with Crippen LogP contribution in [0.5, 0.6) is 0 Å². The maximum Gasteiger partial charge on any atom is 0.0813 e. The summed E-state index contributed by atoms with van der Waals surface area (Å²) in [4.78, 5) is 0. The number of nitrogens with one attached hydrogen (secondary N) is 1. The molecule has 2 unspecified atom stereocenters. The van der Waals surface area contributed by atoms with E-state index in [2.05, 4.69) is 5.32 Å². The lowest BCUT2D eigenvalue weighted by molar-refractivity contribution is -0.0216. The van der Waals surface area contributed by atoms with Gasteiger partial charge in [0.05, 0.1) is 18.8 Å². The van der Waals surface area contributed by atoms with Crippen LogP contribution in [0, 0.1) is 5.92 Å². The molecule has 0 bridgehead atoms. The fourth-order valence-corrected chi connectivity index (χ4v) is 3.18. The van der Waals surface area contributed by atoms with Crippen molar-refractivity contribution in [2.75, 3.05) is 19.8 Å². The lowest BCUT2D eigenvalue weighted by Gasteiger charge is -2.16. The first-order valence-electron chi connectivity index (χ1n) is 7.87. The number of rotatable bonds is 7. The van der Waals surface area contributed by atoms with Crippen LogP contribution >= 0.6 is 0 Å². The van der Waals surface area contributed by atoms with Gasteiger partial charge in [0.15, 0.2) is 0 Å². The normalized spacial score (nSPS) is 33.3. The lowest BCUT2D eigenvalue weighted by Crippen LogP contribution is -2.29. The summed E-state index contributed by atoms with van der Waals surface area (Å²) in [5.74, 6) is 0.832. The van der Waals surface area contributed by atoms with Crippen LogP contribution in [0.15, 0.2) is 0 Å². The third-order valence-corrected chi connectivity index (χ3v) is 4.54. The number of hydrogen-bond acceptors (Lipinski definition) is 3. The van der Waals surface area contributed by atoms with E-state index >= 15 is 0 Å². The molecule has 104 valence electrons. The SMILES string of the molecule is C1CCC(COCC2CCC(CNC3CC3)O2)C1. The van der Waals surface area contributed by atoms with Gasteiger partial charge in [-0.1, -0.05) is 12.8 Å². The Hall–Kier alpha value is -0.120. The van der Waals surface area contributed by atoms with E-state index in [9.17, 15) is 0 Å². The molecule has 1 heterocycles. The van der Waals surface area contributed by atoms with Crippen molar-refractivity contribution >= 4 is 0 Å². The van der Waals surface area contributed by atoms with E-state index in [0.717, 1.165) is 31.7 Å². The van der Waals surface area contributed by atoms with Crippen molar-refractivity contribution in [1.82, 2.24) is 5.32 Å². The Kier molecular flexibility index (Phi) is 4.55. The van der Waals surface area contributed by atoms with Crippen LogP contribution in [0.4, 0.5) is 0 Å². The molecule has 3 nitrogen and oxygen atoms in total. The molecular weight excluding hydrogens is 226 g/mol. The molecule has 2 saturated carbocycles. The minimum atomic E-state index is 0.359. The van der Waals surface area contributed by atoms with Crippen LogP contribution in [-0.2, 0) is 9.47 Å². The summed E-state index contributed by atoms with van der Waals surface area (Å²) < 4.78 is 11.9. The van der Waals surface area contributed by atoms with E-state index in [4.69, 9.17) is 9.47 Å². The van der Waals surface area contributed by atoms with E-state index < -0.39 is 0 Å². The zero-order valence-corrected chi connectivity index (χ0v) is 11.4. The summed E-state index contributed by atoms with van der Waals surface area (Å²) in [6, 6.07) is 0.797. The Bertz CT molecular complexity index is 249. The van der Waals surface area contributed by atoms with Crippen LogP contribution in [0.2, 0.25) is 0 Å². The van der Waals surface area contributed by atoms with E-state index in [-0.39, 0.29) is 0 Å². The first-order valence-corrected chi connectivity index (χ1v) is 7.87. The highest BCUT2D eigenvalue weighted by molar-refractivity contribution is 4.84. The van der Waals surface area contributed by atoms with Gasteiger partial charge in [-0.3, -0.25) is 0 Å². The number of ether oxygens (including phenoxy) is 2. The van der Waals surface area contributed by atoms with Gasteiger partial charge in [0.2, 0.25) is 0 Å². The molecule has 3 aliphatic rings. The van der Waals surface area contributed by atoms with E-state index in [1.54, 1.807) is 0 Å². The molecule has 0 aromatic carbocycles. The summed E-state index contributed by atoms with van der Waals surface area (Å²) in [5.41, 5.74) is 0. The summed E-state index contributed by atoms with van der Waals surface area (Å²) >= 11 is 0. The summed E-state index contributed by atoms with van der Waals surface area (Å²) in [6.45, 7) is 2.82. The van der Waals surface area contributed by atoms with E-state index in [1.165, 1.54) is 51.4 Å². The van der Waals surface area contributed by atoms with Crippen molar-refractivity contribution in [3.63, 3.8) is 0 Å². The molecule has 0 spiro atoms. The first-order chi connectivity index (χ1) is 8.90. The van der Waals surface area contributed by atoms with Crippen LogP contribution < -0.4 is 5.32 Å². The molecule has 0 amide bonds. The van der Waals surface area contributed by atoms with Crippen LogP contribution in [0.3, 0.4) is 0 Å². The maximum absolute atomic E-state index is 6.02. The van der Waals surface area contributed by atoms with Crippen molar-refractivity contribution in [3.8, 4) is 0 Å². The molecule has 18 heavy (non-hydrogen) atoms. The fraction of sp³-hybridized carbons (Fsp3) is 1.00.